The van der Waals surface area contributed by atoms with E-state index in [4.69, 9.17) is 9.52 Å². The third-order valence-electron chi connectivity index (χ3n) is 3.70. The van der Waals surface area contributed by atoms with Gasteiger partial charge in [-0.3, -0.25) is 4.79 Å². The molecule has 1 aromatic carbocycles. The van der Waals surface area contributed by atoms with Gasteiger partial charge in [-0.25, -0.2) is 4.39 Å². The predicted molar refractivity (Wildman–Crippen MR) is 63.9 cm³/mol. The summed E-state index contributed by atoms with van der Waals surface area (Å²) in [5.41, 5.74) is 0.613. The minimum atomic E-state index is -0.774. The number of furan rings is 1. The lowest BCUT2D eigenvalue weighted by molar-refractivity contribution is -0.142. The lowest BCUT2D eigenvalue weighted by atomic mass is 9.94. The second-order valence-corrected chi connectivity index (χ2v) is 4.81. The van der Waals surface area contributed by atoms with Crippen molar-refractivity contribution < 1.29 is 18.7 Å². The van der Waals surface area contributed by atoms with Crippen molar-refractivity contribution in [3.8, 4) is 0 Å². The number of carbonyl (C=O) groups is 1. The maximum Gasteiger partial charge on any atom is 0.307 e. The maximum atomic E-state index is 13.1. The fourth-order valence-electron chi connectivity index (χ4n) is 2.81. The van der Waals surface area contributed by atoms with Gasteiger partial charge in [-0.1, -0.05) is 6.42 Å². The monoisotopic (exact) mass is 248 g/mol. The van der Waals surface area contributed by atoms with E-state index in [-0.39, 0.29) is 17.7 Å². The lowest BCUT2D eigenvalue weighted by Crippen LogP contribution is -2.16. The number of benzene rings is 1. The molecular formula is C14H13FO3. The van der Waals surface area contributed by atoms with E-state index in [9.17, 15) is 9.18 Å². The molecule has 18 heavy (non-hydrogen) atoms. The first-order valence-corrected chi connectivity index (χ1v) is 6.07. The molecule has 3 nitrogen and oxygen atoms in total. The van der Waals surface area contributed by atoms with Gasteiger partial charge in [-0.05, 0) is 37.1 Å². The maximum absolute atomic E-state index is 13.1. The quantitative estimate of drug-likeness (QED) is 0.884. The van der Waals surface area contributed by atoms with Gasteiger partial charge in [0.05, 0.1) is 5.92 Å². The average molecular weight is 248 g/mol. The van der Waals surface area contributed by atoms with Gasteiger partial charge in [0.15, 0.2) is 0 Å². The summed E-state index contributed by atoms with van der Waals surface area (Å²) in [6, 6.07) is 6.11. The van der Waals surface area contributed by atoms with Crippen molar-refractivity contribution in [3.05, 3.63) is 35.8 Å². The Morgan fingerprint density at radius 1 is 1.33 bits per heavy atom. The van der Waals surface area contributed by atoms with Gasteiger partial charge in [-0.2, -0.15) is 0 Å². The highest BCUT2D eigenvalue weighted by molar-refractivity contribution is 5.78. The summed E-state index contributed by atoms with van der Waals surface area (Å²) in [5.74, 6) is -0.880. The van der Waals surface area contributed by atoms with Crippen molar-refractivity contribution in [2.24, 2.45) is 5.92 Å². The Morgan fingerprint density at radius 2 is 2.17 bits per heavy atom. The number of rotatable bonds is 2. The second-order valence-electron chi connectivity index (χ2n) is 4.81. The van der Waals surface area contributed by atoms with Crippen LogP contribution in [0.15, 0.2) is 28.7 Å². The van der Waals surface area contributed by atoms with Gasteiger partial charge in [0, 0.05) is 11.3 Å². The molecule has 1 aliphatic rings. The van der Waals surface area contributed by atoms with Crippen LogP contribution in [0.4, 0.5) is 4.39 Å². The molecule has 2 unspecified atom stereocenters. The number of halogens is 1. The van der Waals surface area contributed by atoms with Crippen molar-refractivity contribution in [2.45, 2.75) is 25.2 Å². The van der Waals surface area contributed by atoms with Gasteiger partial charge in [0.25, 0.3) is 0 Å². The van der Waals surface area contributed by atoms with E-state index in [1.54, 1.807) is 12.1 Å². The van der Waals surface area contributed by atoms with Crippen LogP contribution in [0.5, 0.6) is 0 Å². The Kier molecular flexibility index (Phi) is 2.58. The van der Waals surface area contributed by atoms with Gasteiger partial charge < -0.3 is 9.52 Å². The molecule has 1 fully saturated rings. The first-order chi connectivity index (χ1) is 8.65. The molecule has 2 aromatic rings. The van der Waals surface area contributed by atoms with Crippen LogP contribution in [0.25, 0.3) is 11.0 Å². The van der Waals surface area contributed by atoms with Crippen molar-refractivity contribution >= 4 is 16.9 Å². The summed E-state index contributed by atoms with van der Waals surface area (Å²) in [6.07, 6.45) is 2.40. The van der Waals surface area contributed by atoms with E-state index in [1.807, 2.05) is 0 Å². The Balaban J connectivity index is 2.01. The zero-order valence-corrected chi connectivity index (χ0v) is 9.73. The molecule has 3 rings (SSSR count). The fourth-order valence-corrected chi connectivity index (χ4v) is 2.81. The molecule has 1 aromatic heterocycles. The molecule has 1 heterocycles. The molecule has 1 saturated carbocycles. The van der Waals surface area contributed by atoms with Crippen LogP contribution in [-0.4, -0.2) is 11.1 Å². The number of fused-ring (bicyclic) bond motifs is 1. The third kappa shape index (κ3) is 1.78. The smallest absolute Gasteiger partial charge is 0.307 e. The van der Waals surface area contributed by atoms with E-state index >= 15 is 0 Å². The molecule has 1 aliphatic carbocycles. The first kappa shape index (κ1) is 11.3. The van der Waals surface area contributed by atoms with Crippen LogP contribution in [0.2, 0.25) is 0 Å². The summed E-state index contributed by atoms with van der Waals surface area (Å²) < 4.78 is 18.7. The van der Waals surface area contributed by atoms with Crippen LogP contribution in [-0.2, 0) is 4.79 Å². The molecule has 0 radical (unpaired) electrons. The second kappa shape index (κ2) is 4.12. The highest BCUT2D eigenvalue weighted by atomic mass is 19.1. The highest BCUT2D eigenvalue weighted by Gasteiger charge is 2.36. The Bertz CT molecular complexity index is 602. The molecule has 0 aliphatic heterocycles. The van der Waals surface area contributed by atoms with Crippen LogP contribution in [0.1, 0.15) is 30.9 Å². The molecular weight excluding hydrogens is 235 g/mol. The predicted octanol–water partition coefficient (Wildman–Crippen LogP) is 3.54. The number of hydrogen-bond donors (Lipinski definition) is 1. The summed E-state index contributed by atoms with van der Waals surface area (Å²) in [4.78, 5) is 11.2. The normalized spacial score (nSPS) is 23.6. The van der Waals surface area contributed by atoms with Crippen molar-refractivity contribution in [2.75, 3.05) is 0 Å². The van der Waals surface area contributed by atoms with Gasteiger partial charge in [-0.15, -0.1) is 0 Å². The molecule has 0 spiro atoms. The highest BCUT2D eigenvalue weighted by Crippen LogP contribution is 2.41. The zero-order valence-electron chi connectivity index (χ0n) is 9.73. The van der Waals surface area contributed by atoms with Gasteiger partial charge >= 0.3 is 5.97 Å². The van der Waals surface area contributed by atoms with Crippen LogP contribution in [0.3, 0.4) is 0 Å². The summed E-state index contributed by atoms with van der Waals surface area (Å²) in [6.45, 7) is 0. The standard InChI is InChI=1S/C14H13FO3/c15-9-4-5-12-8(6-9)7-13(18-12)10-2-1-3-11(10)14(16)17/h4-7,10-11H,1-3H2,(H,16,17). The fraction of sp³-hybridized carbons (Fsp3) is 0.357. The number of hydrogen-bond acceptors (Lipinski definition) is 2. The molecule has 0 bridgehead atoms. The van der Waals surface area contributed by atoms with E-state index < -0.39 is 5.97 Å². The molecule has 1 N–H and O–H groups in total. The number of carboxylic acids is 1. The van der Waals surface area contributed by atoms with E-state index in [1.165, 1.54) is 12.1 Å². The number of carboxylic acid groups (broad SMARTS) is 1. The average Bonchev–Trinajstić information content (AvgIpc) is 2.93. The van der Waals surface area contributed by atoms with E-state index in [0.29, 0.717) is 23.2 Å². The minimum Gasteiger partial charge on any atom is -0.481 e. The summed E-state index contributed by atoms with van der Waals surface area (Å²) in [5, 5.41) is 9.86. The SMILES string of the molecule is O=C(O)C1CCCC1c1cc2cc(F)ccc2o1. The zero-order chi connectivity index (χ0) is 12.7. The van der Waals surface area contributed by atoms with Crippen molar-refractivity contribution in [1.82, 2.24) is 0 Å². The Hall–Kier alpha value is -1.84. The number of aliphatic carboxylic acids is 1. The molecule has 4 heteroatoms. The minimum absolute atomic E-state index is 0.0852. The van der Waals surface area contributed by atoms with Gasteiger partial charge in [0.2, 0.25) is 0 Å². The molecule has 0 saturated heterocycles. The summed E-state index contributed by atoms with van der Waals surface area (Å²) in [7, 11) is 0. The third-order valence-corrected chi connectivity index (χ3v) is 3.70. The summed E-state index contributed by atoms with van der Waals surface area (Å²) >= 11 is 0. The van der Waals surface area contributed by atoms with E-state index in [2.05, 4.69) is 0 Å². The van der Waals surface area contributed by atoms with Gasteiger partial charge in [0.1, 0.15) is 17.2 Å². The van der Waals surface area contributed by atoms with Crippen molar-refractivity contribution in [1.29, 1.82) is 0 Å². The molecule has 0 amide bonds. The Morgan fingerprint density at radius 3 is 2.94 bits per heavy atom. The van der Waals surface area contributed by atoms with Crippen LogP contribution in [0, 0.1) is 11.7 Å². The van der Waals surface area contributed by atoms with Crippen molar-refractivity contribution in [3.63, 3.8) is 0 Å². The largest absolute Gasteiger partial charge is 0.481 e. The molecule has 94 valence electrons. The topological polar surface area (TPSA) is 50.4 Å². The Labute approximate surface area is 103 Å². The first-order valence-electron chi connectivity index (χ1n) is 6.07. The van der Waals surface area contributed by atoms with Crippen LogP contribution >= 0.6 is 0 Å². The lowest BCUT2D eigenvalue weighted by Gasteiger charge is -2.12. The molecule has 2 atom stereocenters. The van der Waals surface area contributed by atoms with Crippen LogP contribution < -0.4 is 0 Å². The van der Waals surface area contributed by atoms with E-state index in [0.717, 1.165) is 12.8 Å².